The Balaban J connectivity index is 2.03. The zero-order chi connectivity index (χ0) is 20.6. The van der Waals surface area contributed by atoms with Crippen LogP contribution in [-0.4, -0.2) is 24.7 Å². The lowest BCUT2D eigenvalue weighted by Crippen LogP contribution is -2.31. The summed E-state index contributed by atoms with van der Waals surface area (Å²) in [6.07, 6.45) is 2.20. The zero-order valence-electron chi connectivity index (χ0n) is 16.6. The molecule has 0 radical (unpaired) electrons. The van der Waals surface area contributed by atoms with Crippen molar-refractivity contribution < 1.29 is 0 Å². The Hall–Kier alpha value is -3.29. The molecule has 146 valence electrons. The summed E-state index contributed by atoms with van der Waals surface area (Å²) in [6.45, 7) is 7.78. The fourth-order valence-corrected chi connectivity index (χ4v) is 3.20. The van der Waals surface area contributed by atoms with Gasteiger partial charge in [0.15, 0.2) is 5.69 Å². The van der Waals surface area contributed by atoms with Crippen molar-refractivity contribution in [3.63, 3.8) is 0 Å². The monoisotopic (exact) mass is 381 g/mol. The quantitative estimate of drug-likeness (QED) is 0.712. The number of benzene rings is 1. The average Bonchev–Trinajstić information content (AvgIpc) is 2.62. The summed E-state index contributed by atoms with van der Waals surface area (Å²) in [5.74, 6) is 0.0378. The maximum Gasteiger partial charge on any atom is 0.344 e. The Morgan fingerprint density at radius 1 is 1.07 bits per heavy atom. The van der Waals surface area contributed by atoms with Crippen LogP contribution in [0.2, 0.25) is 0 Å². The lowest BCUT2D eigenvalue weighted by Gasteiger charge is -2.13. The lowest BCUT2D eigenvalue weighted by atomic mass is 9.95. The lowest BCUT2D eigenvalue weighted by molar-refractivity contribution is 0.671. The second-order valence-electron chi connectivity index (χ2n) is 7.26. The molecule has 0 saturated heterocycles. The number of nitrogens with zero attached hydrogens (tertiary/aromatic N) is 3. The molecule has 3 aromatic rings. The van der Waals surface area contributed by atoms with Gasteiger partial charge in [0.25, 0.3) is 11.1 Å². The van der Waals surface area contributed by atoms with Gasteiger partial charge in [0.2, 0.25) is 0 Å². The van der Waals surface area contributed by atoms with E-state index in [1.54, 1.807) is 6.20 Å². The Morgan fingerprint density at radius 2 is 1.71 bits per heavy atom. The summed E-state index contributed by atoms with van der Waals surface area (Å²) >= 11 is 0. The highest BCUT2D eigenvalue weighted by molar-refractivity contribution is 5.61. The number of nitrogens with one attached hydrogen (secondary N) is 2. The molecule has 0 aliphatic carbocycles. The van der Waals surface area contributed by atoms with E-state index in [0.29, 0.717) is 17.7 Å². The maximum atomic E-state index is 12.1. The van der Waals surface area contributed by atoms with Gasteiger partial charge in [0.05, 0.1) is 5.69 Å². The second-order valence-corrected chi connectivity index (χ2v) is 7.26. The van der Waals surface area contributed by atoms with Gasteiger partial charge in [-0.05, 0) is 42.7 Å². The van der Waals surface area contributed by atoms with Crippen molar-refractivity contribution in [3.05, 3.63) is 77.6 Å². The first-order valence-corrected chi connectivity index (χ1v) is 9.04. The van der Waals surface area contributed by atoms with Crippen LogP contribution in [0.5, 0.6) is 0 Å². The summed E-state index contributed by atoms with van der Waals surface area (Å²) in [5.41, 5.74) is 3.93. The van der Waals surface area contributed by atoms with Gasteiger partial charge in [-0.1, -0.05) is 13.8 Å². The third kappa shape index (κ3) is 3.71. The van der Waals surface area contributed by atoms with Crippen LogP contribution < -0.4 is 16.8 Å². The number of aryl methyl sites for hydroxylation is 3. The molecule has 0 fully saturated rings. The van der Waals surface area contributed by atoms with E-state index >= 15 is 0 Å². The molecule has 2 N–H and O–H groups in total. The second kappa shape index (κ2) is 7.38. The van der Waals surface area contributed by atoms with Crippen molar-refractivity contribution in [2.75, 3.05) is 0 Å². The van der Waals surface area contributed by atoms with E-state index in [9.17, 15) is 14.4 Å². The molecule has 0 aliphatic heterocycles. The van der Waals surface area contributed by atoms with Crippen LogP contribution in [0, 0.1) is 13.8 Å². The predicted molar refractivity (Wildman–Crippen MR) is 107 cm³/mol. The SMILES string of the molecule is Cc1cc(-c2nn(C)c(=O)[nH]c2=O)cc(C)c1Cc1c[nH]c(=O)c(C(C)C)n1. The highest BCUT2D eigenvalue weighted by atomic mass is 16.2. The number of aromatic amines is 2. The van der Waals surface area contributed by atoms with Crippen molar-refractivity contribution in [2.45, 2.75) is 40.0 Å². The number of H-pyrrole nitrogens is 2. The number of hydrogen-bond donors (Lipinski definition) is 2. The van der Waals surface area contributed by atoms with Crippen LogP contribution in [0.3, 0.4) is 0 Å². The smallest absolute Gasteiger partial charge is 0.326 e. The molecule has 0 amide bonds. The molecular formula is C20H23N5O3. The predicted octanol–water partition coefficient (Wildman–Crippen LogP) is 1.55. The van der Waals surface area contributed by atoms with E-state index in [4.69, 9.17) is 0 Å². The maximum absolute atomic E-state index is 12.1. The number of aromatic nitrogens is 5. The van der Waals surface area contributed by atoms with E-state index in [-0.39, 0.29) is 17.2 Å². The van der Waals surface area contributed by atoms with Crippen molar-refractivity contribution in [3.8, 4) is 11.3 Å². The number of hydrogen-bond acceptors (Lipinski definition) is 5. The first-order chi connectivity index (χ1) is 13.2. The van der Waals surface area contributed by atoms with Crippen molar-refractivity contribution in [1.29, 1.82) is 0 Å². The van der Waals surface area contributed by atoms with Crippen LogP contribution in [0.25, 0.3) is 11.3 Å². The molecule has 8 heteroatoms. The van der Waals surface area contributed by atoms with Crippen molar-refractivity contribution in [1.82, 2.24) is 24.7 Å². The summed E-state index contributed by atoms with van der Waals surface area (Å²) in [5, 5.41) is 4.09. The molecule has 0 atom stereocenters. The van der Waals surface area contributed by atoms with Gasteiger partial charge in [-0.25, -0.2) is 14.5 Å². The van der Waals surface area contributed by atoms with Gasteiger partial charge >= 0.3 is 5.69 Å². The van der Waals surface area contributed by atoms with Crippen LogP contribution in [0.4, 0.5) is 0 Å². The summed E-state index contributed by atoms with van der Waals surface area (Å²) in [7, 11) is 1.49. The van der Waals surface area contributed by atoms with E-state index in [2.05, 4.69) is 20.1 Å². The first kappa shape index (κ1) is 19.5. The highest BCUT2D eigenvalue weighted by Crippen LogP contribution is 2.24. The third-order valence-corrected chi connectivity index (χ3v) is 4.72. The molecular weight excluding hydrogens is 358 g/mol. The Kier molecular flexibility index (Phi) is 5.13. The van der Waals surface area contributed by atoms with Crippen LogP contribution in [0.15, 0.2) is 32.7 Å². The first-order valence-electron chi connectivity index (χ1n) is 9.04. The fourth-order valence-electron chi connectivity index (χ4n) is 3.20. The van der Waals surface area contributed by atoms with E-state index in [1.807, 2.05) is 39.8 Å². The third-order valence-electron chi connectivity index (χ3n) is 4.72. The van der Waals surface area contributed by atoms with Crippen LogP contribution >= 0.6 is 0 Å². The molecule has 1 aromatic carbocycles. The highest BCUT2D eigenvalue weighted by Gasteiger charge is 2.14. The van der Waals surface area contributed by atoms with Gasteiger partial charge in [0.1, 0.15) is 5.69 Å². The molecule has 0 aliphatic rings. The minimum atomic E-state index is -0.552. The summed E-state index contributed by atoms with van der Waals surface area (Å²) in [6, 6.07) is 3.75. The topological polar surface area (TPSA) is 113 Å². The number of rotatable bonds is 4. The standard InChI is InChI=1S/C20H23N5O3/c1-10(2)16-18(26)21-9-14(22-16)8-15-11(3)6-13(7-12(15)4)17-19(27)23-20(28)25(5)24-17/h6-7,9-10H,8H2,1-5H3,(H,21,26)(H,23,27,28). The van der Waals surface area contributed by atoms with Gasteiger partial charge in [-0.2, -0.15) is 5.10 Å². The van der Waals surface area contributed by atoms with E-state index in [0.717, 1.165) is 27.1 Å². The summed E-state index contributed by atoms with van der Waals surface area (Å²) < 4.78 is 1.10. The average molecular weight is 381 g/mol. The Morgan fingerprint density at radius 3 is 2.32 bits per heavy atom. The molecule has 0 spiro atoms. The summed E-state index contributed by atoms with van der Waals surface area (Å²) in [4.78, 5) is 45.1. The van der Waals surface area contributed by atoms with Gasteiger partial charge < -0.3 is 4.98 Å². The molecule has 0 unspecified atom stereocenters. The Bertz CT molecular complexity index is 1190. The normalized spacial score (nSPS) is 11.2. The minimum absolute atomic E-state index is 0.0378. The van der Waals surface area contributed by atoms with E-state index in [1.165, 1.54) is 7.05 Å². The van der Waals surface area contributed by atoms with Crippen molar-refractivity contribution >= 4 is 0 Å². The minimum Gasteiger partial charge on any atom is -0.326 e. The van der Waals surface area contributed by atoms with Gasteiger partial charge in [-0.3, -0.25) is 14.6 Å². The molecule has 8 nitrogen and oxygen atoms in total. The van der Waals surface area contributed by atoms with Crippen LogP contribution in [-0.2, 0) is 13.5 Å². The van der Waals surface area contributed by atoms with Crippen LogP contribution in [0.1, 0.15) is 47.8 Å². The molecule has 28 heavy (non-hydrogen) atoms. The molecule has 0 saturated carbocycles. The molecule has 0 bridgehead atoms. The Labute approximate surface area is 161 Å². The van der Waals surface area contributed by atoms with Crippen molar-refractivity contribution in [2.24, 2.45) is 7.05 Å². The van der Waals surface area contributed by atoms with Gasteiger partial charge in [-0.15, -0.1) is 0 Å². The van der Waals surface area contributed by atoms with Gasteiger partial charge in [0, 0.05) is 31.1 Å². The largest absolute Gasteiger partial charge is 0.344 e. The molecule has 2 aromatic heterocycles. The molecule has 2 heterocycles. The zero-order valence-corrected chi connectivity index (χ0v) is 16.6. The van der Waals surface area contributed by atoms with E-state index < -0.39 is 11.2 Å². The molecule has 3 rings (SSSR count). The fraction of sp³-hybridized carbons (Fsp3) is 0.350.